The normalized spacial score (nSPS) is 16.1. The molecule has 1 aliphatic rings. The monoisotopic (exact) mass is 392 g/mol. The minimum absolute atomic E-state index is 0.0296. The van der Waals surface area contributed by atoms with E-state index in [4.69, 9.17) is 13.9 Å². The summed E-state index contributed by atoms with van der Waals surface area (Å²) < 4.78 is 17.2. The van der Waals surface area contributed by atoms with E-state index in [1.54, 1.807) is 24.5 Å². The van der Waals surface area contributed by atoms with Gasteiger partial charge in [0.2, 0.25) is 17.7 Å². The third-order valence-electron chi connectivity index (χ3n) is 4.60. The van der Waals surface area contributed by atoms with E-state index in [0.29, 0.717) is 47.1 Å². The van der Waals surface area contributed by atoms with Gasteiger partial charge in [-0.1, -0.05) is 0 Å². The highest BCUT2D eigenvalue weighted by molar-refractivity contribution is 5.99. The van der Waals surface area contributed by atoms with Gasteiger partial charge in [-0.15, -0.1) is 0 Å². The number of nitrogens with one attached hydrogen (secondary N) is 1. The van der Waals surface area contributed by atoms with Gasteiger partial charge in [0.05, 0.1) is 29.5 Å². The summed E-state index contributed by atoms with van der Waals surface area (Å²) in [6.45, 7) is 4.10. The molecule has 4 rings (SSSR count). The number of aromatic nitrogens is 2. The van der Waals surface area contributed by atoms with Gasteiger partial charge in [0, 0.05) is 23.4 Å². The second-order valence-electron chi connectivity index (χ2n) is 7.10. The van der Waals surface area contributed by atoms with Gasteiger partial charge in [0.25, 0.3) is 0 Å². The van der Waals surface area contributed by atoms with E-state index in [0.717, 1.165) is 11.8 Å². The van der Waals surface area contributed by atoms with E-state index in [1.165, 1.54) is 6.26 Å². The summed E-state index contributed by atoms with van der Waals surface area (Å²) in [6, 6.07) is 5.63. The first-order valence-electron chi connectivity index (χ1n) is 9.40. The second-order valence-corrected chi connectivity index (χ2v) is 7.10. The Morgan fingerprint density at radius 3 is 2.86 bits per heavy atom. The lowest BCUT2D eigenvalue weighted by Gasteiger charge is -2.16. The average Bonchev–Trinajstić information content (AvgIpc) is 3.37. The molecule has 1 saturated heterocycles. The van der Waals surface area contributed by atoms with E-state index in [9.17, 15) is 10.1 Å². The maximum Gasteiger partial charge on any atom is 0.228 e. The van der Waals surface area contributed by atoms with E-state index in [2.05, 4.69) is 21.4 Å². The molecule has 0 saturated carbocycles. The fourth-order valence-corrected chi connectivity index (χ4v) is 3.30. The molecule has 2 aromatic heterocycles. The second kappa shape index (κ2) is 7.80. The molecule has 1 fully saturated rings. The lowest BCUT2D eigenvalue weighted by atomic mass is 10.0. The summed E-state index contributed by atoms with van der Waals surface area (Å²) in [6.07, 6.45) is 5.78. The van der Waals surface area contributed by atoms with Crippen LogP contribution < -0.4 is 14.8 Å². The summed E-state index contributed by atoms with van der Waals surface area (Å²) in [5.41, 5.74) is 1.05. The van der Waals surface area contributed by atoms with Crippen molar-refractivity contribution in [3.05, 3.63) is 36.4 Å². The third kappa shape index (κ3) is 3.85. The Hall–Kier alpha value is -3.60. The average molecular weight is 392 g/mol. The lowest BCUT2D eigenvalue weighted by Crippen LogP contribution is -2.31. The van der Waals surface area contributed by atoms with Crippen molar-refractivity contribution < 1.29 is 18.7 Å². The van der Waals surface area contributed by atoms with E-state index < -0.39 is 0 Å². The molecular formula is C21H20N4O4. The fourth-order valence-electron chi connectivity index (χ4n) is 3.30. The SMILES string of the molecule is CC(C)Oc1cc2c(OCC3CCC(=O)N3)ncc(-c3ncco3)c2cc1C#N. The molecular weight excluding hydrogens is 372 g/mol. The van der Waals surface area contributed by atoms with Crippen molar-refractivity contribution in [3.8, 4) is 29.2 Å². The van der Waals surface area contributed by atoms with E-state index in [1.807, 2.05) is 13.8 Å². The standard InChI is InChI=1S/C21H20N4O4/c1-12(2)29-18-8-16-15(7-13(18)9-22)17(21-23-5-6-27-21)10-24-20(16)28-11-14-3-4-19(26)25-14/h5-8,10,12,14H,3-4,11H2,1-2H3,(H,25,26). The molecule has 1 aromatic carbocycles. The highest BCUT2D eigenvalue weighted by atomic mass is 16.5. The van der Waals surface area contributed by atoms with Crippen LogP contribution in [0.3, 0.4) is 0 Å². The van der Waals surface area contributed by atoms with Crippen molar-refractivity contribution in [1.29, 1.82) is 5.26 Å². The molecule has 1 unspecified atom stereocenters. The Bertz CT molecular complexity index is 1090. The number of amides is 1. The first-order chi connectivity index (χ1) is 14.0. The largest absolute Gasteiger partial charge is 0.490 e. The number of hydrogen-bond donors (Lipinski definition) is 1. The van der Waals surface area contributed by atoms with Crippen molar-refractivity contribution >= 4 is 16.7 Å². The number of nitrogens with zero attached hydrogens (tertiary/aromatic N) is 3. The predicted octanol–water partition coefficient (Wildman–Crippen LogP) is 3.21. The number of oxazole rings is 1. The highest BCUT2D eigenvalue weighted by Gasteiger charge is 2.23. The predicted molar refractivity (Wildman–Crippen MR) is 104 cm³/mol. The molecule has 0 spiro atoms. The minimum Gasteiger partial charge on any atom is -0.490 e. The van der Waals surface area contributed by atoms with Crippen molar-refractivity contribution in [3.63, 3.8) is 0 Å². The van der Waals surface area contributed by atoms with Gasteiger partial charge in [-0.05, 0) is 32.4 Å². The molecule has 3 aromatic rings. The quantitative estimate of drug-likeness (QED) is 0.686. The zero-order valence-electron chi connectivity index (χ0n) is 16.1. The summed E-state index contributed by atoms with van der Waals surface area (Å²) >= 11 is 0. The van der Waals surface area contributed by atoms with Crippen LogP contribution in [0.1, 0.15) is 32.3 Å². The van der Waals surface area contributed by atoms with Gasteiger partial charge in [-0.25, -0.2) is 9.97 Å². The Labute approximate surface area is 167 Å². The number of fused-ring (bicyclic) bond motifs is 1. The van der Waals surface area contributed by atoms with Gasteiger partial charge in [0.15, 0.2) is 0 Å². The molecule has 29 heavy (non-hydrogen) atoms. The van der Waals surface area contributed by atoms with Crippen molar-refractivity contribution in [2.45, 2.75) is 38.8 Å². The first kappa shape index (κ1) is 18.7. The topological polar surface area (TPSA) is 110 Å². The summed E-state index contributed by atoms with van der Waals surface area (Å²) in [5, 5.41) is 13.9. The van der Waals surface area contributed by atoms with Gasteiger partial charge >= 0.3 is 0 Å². The zero-order valence-corrected chi connectivity index (χ0v) is 16.1. The van der Waals surface area contributed by atoms with Gasteiger partial charge in [-0.2, -0.15) is 5.26 Å². The molecule has 8 nitrogen and oxygen atoms in total. The number of nitriles is 1. The Morgan fingerprint density at radius 2 is 2.21 bits per heavy atom. The van der Waals surface area contributed by atoms with Crippen LogP contribution in [-0.4, -0.2) is 34.6 Å². The van der Waals surface area contributed by atoms with Crippen LogP contribution in [0.5, 0.6) is 11.6 Å². The Morgan fingerprint density at radius 1 is 1.34 bits per heavy atom. The fraction of sp³-hybridized carbons (Fsp3) is 0.333. The Kier molecular flexibility index (Phi) is 5.04. The number of pyridine rings is 1. The number of rotatable bonds is 6. The molecule has 0 radical (unpaired) electrons. The first-order valence-corrected chi connectivity index (χ1v) is 9.40. The molecule has 0 aliphatic carbocycles. The maximum absolute atomic E-state index is 11.4. The van der Waals surface area contributed by atoms with Crippen LogP contribution >= 0.6 is 0 Å². The lowest BCUT2D eigenvalue weighted by molar-refractivity contribution is -0.119. The maximum atomic E-state index is 11.4. The van der Waals surface area contributed by atoms with Crippen LogP contribution in [0.25, 0.3) is 22.2 Å². The summed E-state index contributed by atoms with van der Waals surface area (Å²) in [5.74, 6) is 1.29. The van der Waals surface area contributed by atoms with Gasteiger partial charge < -0.3 is 19.2 Å². The highest BCUT2D eigenvalue weighted by Crippen LogP contribution is 2.36. The zero-order chi connectivity index (χ0) is 20.4. The molecule has 3 heterocycles. The smallest absolute Gasteiger partial charge is 0.228 e. The van der Waals surface area contributed by atoms with Crippen molar-refractivity contribution in [2.24, 2.45) is 0 Å². The molecule has 1 aliphatic heterocycles. The van der Waals surface area contributed by atoms with Crippen molar-refractivity contribution in [1.82, 2.24) is 15.3 Å². The number of carbonyl (C=O) groups excluding carboxylic acids is 1. The van der Waals surface area contributed by atoms with Crippen LogP contribution in [0, 0.1) is 11.3 Å². The minimum atomic E-state index is -0.0968. The molecule has 1 N–H and O–H groups in total. The summed E-state index contributed by atoms with van der Waals surface area (Å²) in [4.78, 5) is 20.1. The van der Waals surface area contributed by atoms with Crippen LogP contribution in [-0.2, 0) is 4.79 Å². The van der Waals surface area contributed by atoms with Gasteiger partial charge in [0.1, 0.15) is 24.7 Å². The molecule has 8 heteroatoms. The number of ether oxygens (including phenoxy) is 2. The van der Waals surface area contributed by atoms with Crippen LogP contribution in [0.2, 0.25) is 0 Å². The molecule has 148 valence electrons. The number of hydrogen-bond acceptors (Lipinski definition) is 7. The molecule has 1 amide bonds. The van der Waals surface area contributed by atoms with Crippen molar-refractivity contribution in [2.75, 3.05) is 6.61 Å². The molecule has 1 atom stereocenters. The molecule has 0 bridgehead atoms. The third-order valence-corrected chi connectivity index (χ3v) is 4.60. The number of benzene rings is 1. The van der Waals surface area contributed by atoms with Gasteiger partial charge in [-0.3, -0.25) is 4.79 Å². The van der Waals surface area contributed by atoms with Crippen LogP contribution in [0.15, 0.2) is 35.2 Å². The van der Waals surface area contributed by atoms with E-state index >= 15 is 0 Å². The Balaban J connectivity index is 1.79. The number of carbonyl (C=O) groups is 1. The van der Waals surface area contributed by atoms with E-state index in [-0.39, 0.29) is 18.1 Å². The summed E-state index contributed by atoms with van der Waals surface area (Å²) in [7, 11) is 0. The van der Waals surface area contributed by atoms with Crippen LogP contribution in [0.4, 0.5) is 0 Å².